The van der Waals surface area contributed by atoms with E-state index >= 15 is 0 Å². The van der Waals surface area contributed by atoms with E-state index in [1.165, 1.54) is 12.1 Å². The Balaban J connectivity index is 2.10. The zero-order valence-corrected chi connectivity index (χ0v) is 10.9. The van der Waals surface area contributed by atoms with Crippen LogP contribution in [0.2, 0.25) is 0 Å². The molecule has 0 aliphatic heterocycles. The second kappa shape index (κ2) is 5.08. The maximum absolute atomic E-state index is 13.0. The molecule has 4 heteroatoms. The summed E-state index contributed by atoms with van der Waals surface area (Å²) in [5, 5.41) is 2.02. The lowest BCUT2D eigenvalue weighted by atomic mass is 10.0. The van der Waals surface area contributed by atoms with E-state index in [0.717, 1.165) is 14.9 Å². The average molecular weight is 300 g/mol. The summed E-state index contributed by atoms with van der Waals surface area (Å²) >= 11 is 5.01. The van der Waals surface area contributed by atoms with Gasteiger partial charge in [0, 0.05) is 6.04 Å². The fourth-order valence-corrected chi connectivity index (χ4v) is 2.79. The van der Waals surface area contributed by atoms with Crippen LogP contribution in [0.4, 0.5) is 4.39 Å². The third-order valence-corrected chi connectivity index (χ3v) is 3.88. The zero-order chi connectivity index (χ0) is 11.5. The molecule has 0 aliphatic carbocycles. The molecule has 0 spiro atoms. The highest BCUT2D eigenvalue weighted by Crippen LogP contribution is 2.26. The standard InChI is InChI=1S/C12H11BrFNS/c13-12-6-9(7-16-12)11(15)5-8-2-1-3-10(14)4-8/h1-4,6-7,11H,5,15H2. The summed E-state index contributed by atoms with van der Waals surface area (Å²) in [5.74, 6) is -0.212. The van der Waals surface area contributed by atoms with Gasteiger partial charge in [-0.15, -0.1) is 11.3 Å². The van der Waals surface area contributed by atoms with E-state index in [-0.39, 0.29) is 11.9 Å². The van der Waals surface area contributed by atoms with Gasteiger partial charge in [-0.2, -0.15) is 0 Å². The van der Waals surface area contributed by atoms with Gasteiger partial charge in [-0.05, 0) is 57.1 Å². The number of benzene rings is 1. The van der Waals surface area contributed by atoms with Crippen molar-refractivity contribution < 1.29 is 4.39 Å². The monoisotopic (exact) mass is 299 g/mol. The Morgan fingerprint density at radius 2 is 2.19 bits per heavy atom. The number of rotatable bonds is 3. The molecule has 0 saturated heterocycles. The summed E-state index contributed by atoms with van der Waals surface area (Å²) in [6, 6.07) is 8.50. The lowest BCUT2D eigenvalue weighted by Crippen LogP contribution is -2.12. The van der Waals surface area contributed by atoms with Gasteiger partial charge < -0.3 is 5.73 Å². The molecule has 0 fully saturated rings. The van der Waals surface area contributed by atoms with Crippen LogP contribution in [0.3, 0.4) is 0 Å². The van der Waals surface area contributed by atoms with E-state index in [1.807, 2.05) is 17.5 Å². The summed E-state index contributed by atoms with van der Waals surface area (Å²) in [4.78, 5) is 0. The molecule has 0 bridgehead atoms. The minimum absolute atomic E-state index is 0.0793. The molecule has 2 rings (SSSR count). The predicted octanol–water partition coefficient (Wildman–Crippen LogP) is 3.89. The van der Waals surface area contributed by atoms with Crippen LogP contribution in [-0.4, -0.2) is 0 Å². The minimum atomic E-state index is -0.212. The van der Waals surface area contributed by atoms with Gasteiger partial charge in [0.25, 0.3) is 0 Å². The first-order valence-corrected chi connectivity index (χ1v) is 6.56. The number of halogens is 2. The Labute approximate surface area is 106 Å². The Morgan fingerprint density at radius 1 is 1.38 bits per heavy atom. The van der Waals surface area contributed by atoms with Gasteiger partial charge in [0.05, 0.1) is 3.79 Å². The first kappa shape index (κ1) is 11.8. The molecule has 0 aliphatic rings. The molecular formula is C12H11BrFNS. The fraction of sp³-hybridized carbons (Fsp3) is 0.167. The maximum Gasteiger partial charge on any atom is 0.123 e. The second-order valence-electron chi connectivity index (χ2n) is 3.62. The Kier molecular flexibility index (Phi) is 3.74. The van der Waals surface area contributed by atoms with Gasteiger partial charge in [-0.1, -0.05) is 12.1 Å². The Hall–Kier alpha value is -0.710. The van der Waals surface area contributed by atoms with Crippen LogP contribution in [0.15, 0.2) is 39.5 Å². The first-order valence-electron chi connectivity index (χ1n) is 4.89. The van der Waals surface area contributed by atoms with Crippen molar-refractivity contribution in [2.24, 2.45) is 5.73 Å². The van der Waals surface area contributed by atoms with Gasteiger partial charge in [-0.3, -0.25) is 0 Å². The van der Waals surface area contributed by atoms with E-state index in [9.17, 15) is 4.39 Å². The lowest BCUT2D eigenvalue weighted by Gasteiger charge is -2.09. The minimum Gasteiger partial charge on any atom is -0.324 e. The van der Waals surface area contributed by atoms with Crippen LogP contribution >= 0.6 is 27.3 Å². The van der Waals surface area contributed by atoms with Crippen molar-refractivity contribution in [3.8, 4) is 0 Å². The first-order chi connectivity index (χ1) is 7.65. The van der Waals surface area contributed by atoms with Gasteiger partial charge in [0.2, 0.25) is 0 Å². The van der Waals surface area contributed by atoms with Crippen LogP contribution in [-0.2, 0) is 6.42 Å². The maximum atomic E-state index is 13.0. The molecule has 1 unspecified atom stereocenters. The van der Waals surface area contributed by atoms with Crippen molar-refractivity contribution in [1.82, 2.24) is 0 Å². The van der Waals surface area contributed by atoms with Gasteiger partial charge in [0.15, 0.2) is 0 Å². The van der Waals surface area contributed by atoms with Crippen LogP contribution in [0.1, 0.15) is 17.2 Å². The Morgan fingerprint density at radius 3 is 2.81 bits per heavy atom. The van der Waals surface area contributed by atoms with Crippen molar-refractivity contribution in [2.45, 2.75) is 12.5 Å². The van der Waals surface area contributed by atoms with Crippen molar-refractivity contribution in [3.63, 3.8) is 0 Å². The highest BCUT2D eigenvalue weighted by atomic mass is 79.9. The van der Waals surface area contributed by atoms with Crippen molar-refractivity contribution in [3.05, 3.63) is 56.4 Å². The van der Waals surface area contributed by atoms with Crippen LogP contribution < -0.4 is 5.73 Å². The van der Waals surface area contributed by atoms with Gasteiger partial charge in [0.1, 0.15) is 5.82 Å². The second-order valence-corrected chi connectivity index (χ2v) is 5.92. The van der Waals surface area contributed by atoms with Crippen LogP contribution in [0, 0.1) is 5.82 Å². The number of nitrogens with two attached hydrogens (primary N) is 1. The van der Waals surface area contributed by atoms with E-state index in [4.69, 9.17) is 5.73 Å². The highest BCUT2D eigenvalue weighted by Gasteiger charge is 2.09. The topological polar surface area (TPSA) is 26.0 Å². The van der Waals surface area contributed by atoms with Crippen molar-refractivity contribution in [1.29, 1.82) is 0 Å². The van der Waals surface area contributed by atoms with Crippen LogP contribution in [0.5, 0.6) is 0 Å². The molecule has 0 radical (unpaired) electrons. The lowest BCUT2D eigenvalue weighted by molar-refractivity contribution is 0.622. The summed E-state index contributed by atoms with van der Waals surface area (Å²) in [7, 11) is 0. The third-order valence-electron chi connectivity index (χ3n) is 2.36. The third kappa shape index (κ3) is 2.90. The van der Waals surface area contributed by atoms with Crippen molar-refractivity contribution in [2.75, 3.05) is 0 Å². The summed E-state index contributed by atoms with van der Waals surface area (Å²) in [6.45, 7) is 0. The quantitative estimate of drug-likeness (QED) is 0.914. The number of hydrogen-bond donors (Lipinski definition) is 1. The molecule has 1 atom stereocenters. The molecule has 1 aromatic carbocycles. The molecule has 16 heavy (non-hydrogen) atoms. The van der Waals surface area contributed by atoms with Gasteiger partial charge >= 0.3 is 0 Å². The number of thiophene rings is 1. The smallest absolute Gasteiger partial charge is 0.123 e. The zero-order valence-electron chi connectivity index (χ0n) is 8.49. The van der Waals surface area contributed by atoms with E-state index in [2.05, 4.69) is 15.9 Å². The molecular weight excluding hydrogens is 289 g/mol. The molecule has 1 heterocycles. The average Bonchev–Trinajstić information content (AvgIpc) is 2.65. The molecule has 2 N–H and O–H groups in total. The SMILES string of the molecule is NC(Cc1cccc(F)c1)c1csc(Br)c1. The molecule has 0 saturated carbocycles. The normalized spacial score (nSPS) is 12.7. The number of hydrogen-bond acceptors (Lipinski definition) is 2. The van der Waals surface area contributed by atoms with Crippen molar-refractivity contribution >= 4 is 27.3 Å². The molecule has 1 aromatic heterocycles. The van der Waals surface area contributed by atoms with E-state index in [1.54, 1.807) is 17.4 Å². The van der Waals surface area contributed by atoms with Gasteiger partial charge in [-0.25, -0.2) is 4.39 Å². The van der Waals surface area contributed by atoms with E-state index < -0.39 is 0 Å². The van der Waals surface area contributed by atoms with E-state index in [0.29, 0.717) is 6.42 Å². The predicted molar refractivity (Wildman–Crippen MR) is 69.1 cm³/mol. The summed E-state index contributed by atoms with van der Waals surface area (Å²) in [5.41, 5.74) is 8.06. The molecule has 2 aromatic rings. The summed E-state index contributed by atoms with van der Waals surface area (Å²) in [6.07, 6.45) is 0.654. The summed E-state index contributed by atoms with van der Waals surface area (Å²) < 4.78 is 14.0. The highest BCUT2D eigenvalue weighted by molar-refractivity contribution is 9.11. The molecule has 84 valence electrons. The molecule has 0 amide bonds. The fourth-order valence-electron chi connectivity index (χ4n) is 1.55. The largest absolute Gasteiger partial charge is 0.324 e. The molecule has 1 nitrogen and oxygen atoms in total. The van der Waals surface area contributed by atoms with Crippen LogP contribution in [0.25, 0.3) is 0 Å². The Bertz CT molecular complexity index is 483.